The molecular weight excluding hydrogens is 280 g/mol. The molecule has 0 aliphatic carbocycles. The molecule has 0 aliphatic rings. The van der Waals surface area contributed by atoms with E-state index in [4.69, 9.17) is 5.73 Å². The zero-order valence-corrected chi connectivity index (χ0v) is 13.4. The second-order valence-corrected chi connectivity index (χ2v) is 5.73. The van der Waals surface area contributed by atoms with Gasteiger partial charge in [-0.1, -0.05) is 72.8 Å². The number of nitrogens with one attached hydrogen (secondary N) is 1. The van der Waals surface area contributed by atoms with Crippen molar-refractivity contribution in [1.82, 2.24) is 5.32 Å². The maximum absolute atomic E-state index is 5.94. The van der Waals surface area contributed by atoms with Crippen molar-refractivity contribution < 1.29 is 0 Å². The molecule has 0 saturated heterocycles. The summed E-state index contributed by atoms with van der Waals surface area (Å²) >= 11 is 0. The van der Waals surface area contributed by atoms with Crippen molar-refractivity contribution in [3.05, 3.63) is 83.9 Å². The fraction of sp³-hybridized carbons (Fsp3) is 0.143. The van der Waals surface area contributed by atoms with Crippen molar-refractivity contribution in [2.75, 3.05) is 12.3 Å². The van der Waals surface area contributed by atoms with Crippen LogP contribution in [-0.4, -0.2) is 6.54 Å². The summed E-state index contributed by atoms with van der Waals surface area (Å²) in [6, 6.07) is 23.2. The number of para-hydroxylation sites is 1. The molecule has 3 aromatic carbocycles. The predicted octanol–water partition coefficient (Wildman–Crippen LogP) is 4.79. The summed E-state index contributed by atoms with van der Waals surface area (Å²) in [5, 5.41) is 6.15. The Morgan fingerprint density at radius 3 is 2.57 bits per heavy atom. The Labute approximate surface area is 137 Å². The van der Waals surface area contributed by atoms with Crippen LogP contribution in [0.5, 0.6) is 0 Å². The maximum Gasteiger partial charge on any atom is 0.0387 e. The second kappa shape index (κ2) is 7.12. The van der Waals surface area contributed by atoms with Gasteiger partial charge in [0.1, 0.15) is 0 Å². The van der Waals surface area contributed by atoms with Crippen LogP contribution in [0.1, 0.15) is 24.1 Å². The molecule has 0 aliphatic heterocycles. The smallest absolute Gasteiger partial charge is 0.0387 e. The fourth-order valence-electron chi connectivity index (χ4n) is 2.83. The number of anilines is 1. The molecule has 3 rings (SSSR count). The summed E-state index contributed by atoms with van der Waals surface area (Å²) in [4.78, 5) is 0. The van der Waals surface area contributed by atoms with E-state index in [2.05, 4.69) is 66.9 Å². The SMILES string of the molecule is C[C@@H](NC/C=C/c1ccccc1N)c1cccc2ccccc12. The molecule has 0 spiro atoms. The molecule has 3 aromatic rings. The minimum absolute atomic E-state index is 0.291. The molecule has 0 bridgehead atoms. The number of benzene rings is 3. The molecule has 0 unspecified atom stereocenters. The van der Waals surface area contributed by atoms with Gasteiger partial charge in [-0.05, 0) is 34.9 Å². The van der Waals surface area contributed by atoms with Gasteiger partial charge in [-0.15, -0.1) is 0 Å². The van der Waals surface area contributed by atoms with Gasteiger partial charge < -0.3 is 11.1 Å². The zero-order chi connectivity index (χ0) is 16.1. The van der Waals surface area contributed by atoms with Crippen LogP contribution in [0, 0.1) is 0 Å². The van der Waals surface area contributed by atoms with E-state index in [0.29, 0.717) is 6.04 Å². The van der Waals surface area contributed by atoms with Crippen molar-refractivity contribution in [1.29, 1.82) is 0 Å². The minimum Gasteiger partial charge on any atom is -0.398 e. The Morgan fingerprint density at radius 2 is 1.70 bits per heavy atom. The highest BCUT2D eigenvalue weighted by atomic mass is 14.9. The van der Waals surface area contributed by atoms with E-state index in [9.17, 15) is 0 Å². The van der Waals surface area contributed by atoms with Gasteiger partial charge in [0, 0.05) is 18.3 Å². The molecule has 116 valence electrons. The van der Waals surface area contributed by atoms with Crippen molar-refractivity contribution in [3.8, 4) is 0 Å². The van der Waals surface area contributed by atoms with Gasteiger partial charge in [0.2, 0.25) is 0 Å². The lowest BCUT2D eigenvalue weighted by atomic mass is 10.00. The summed E-state index contributed by atoms with van der Waals surface area (Å²) in [6.45, 7) is 3.01. The molecule has 1 atom stereocenters. The maximum atomic E-state index is 5.94. The van der Waals surface area contributed by atoms with Gasteiger partial charge in [-0.3, -0.25) is 0 Å². The fourth-order valence-corrected chi connectivity index (χ4v) is 2.83. The van der Waals surface area contributed by atoms with Crippen molar-refractivity contribution in [2.45, 2.75) is 13.0 Å². The van der Waals surface area contributed by atoms with Gasteiger partial charge in [-0.25, -0.2) is 0 Å². The van der Waals surface area contributed by atoms with Crippen molar-refractivity contribution in [3.63, 3.8) is 0 Å². The van der Waals surface area contributed by atoms with Crippen LogP contribution in [0.3, 0.4) is 0 Å². The highest BCUT2D eigenvalue weighted by Gasteiger charge is 2.07. The van der Waals surface area contributed by atoms with E-state index < -0.39 is 0 Å². The Balaban J connectivity index is 1.67. The summed E-state index contributed by atoms with van der Waals surface area (Å²) in [5.41, 5.74) is 9.15. The third-order valence-electron chi connectivity index (χ3n) is 4.13. The van der Waals surface area contributed by atoms with Crippen molar-refractivity contribution in [2.24, 2.45) is 0 Å². The Bertz CT molecular complexity index is 815. The summed E-state index contributed by atoms with van der Waals surface area (Å²) < 4.78 is 0. The molecule has 2 heteroatoms. The van der Waals surface area contributed by atoms with Gasteiger partial charge >= 0.3 is 0 Å². The van der Waals surface area contributed by atoms with Crippen LogP contribution < -0.4 is 11.1 Å². The summed E-state index contributed by atoms with van der Waals surface area (Å²) in [5.74, 6) is 0. The molecule has 0 heterocycles. The number of nitrogen functional groups attached to an aromatic ring is 1. The first-order chi connectivity index (χ1) is 11.3. The normalized spacial score (nSPS) is 12.7. The lowest BCUT2D eigenvalue weighted by Gasteiger charge is -2.15. The molecule has 0 fully saturated rings. The van der Waals surface area contributed by atoms with Gasteiger partial charge in [0.05, 0.1) is 0 Å². The standard InChI is InChI=1S/C21H22N2/c1-16(19-13-6-10-17-8-2-4-12-20(17)19)23-15-7-11-18-9-3-5-14-21(18)22/h2-14,16,23H,15,22H2,1H3/b11-7+/t16-/m1/s1. The molecular formula is C21H22N2. The molecule has 0 saturated carbocycles. The molecule has 3 N–H and O–H groups in total. The van der Waals surface area contributed by atoms with Crippen LogP contribution in [0.25, 0.3) is 16.8 Å². The molecule has 2 nitrogen and oxygen atoms in total. The van der Waals surface area contributed by atoms with Crippen LogP contribution in [0.15, 0.2) is 72.8 Å². The highest BCUT2D eigenvalue weighted by molar-refractivity contribution is 5.86. The topological polar surface area (TPSA) is 38.0 Å². The van der Waals surface area contributed by atoms with E-state index in [1.807, 2.05) is 24.3 Å². The van der Waals surface area contributed by atoms with Crippen LogP contribution in [0.4, 0.5) is 5.69 Å². The predicted molar refractivity (Wildman–Crippen MR) is 100 cm³/mol. The van der Waals surface area contributed by atoms with Gasteiger partial charge in [0.25, 0.3) is 0 Å². The van der Waals surface area contributed by atoms with Crippen LogP contribution in [0.2, 0.25) is 0 Å². The monoisotopic (exact) mass is 302 g/mol. The van der Waals surface area contributed by atoms with E-state index in [1.165, 1.54) is 16.3 Å². The quantitative estimate of drug-likeness (QED) is 0.665. The van der Waals surface area contributed by atoms with Crippen LogP contribution in [-0.2, 0) is 0 Å². The van der Waals surface area contributed by atoms with E-state index in [1.54, 1.807) is 0 Å². The number of rotatable bonds is 5. The van der Waals surface area contributed by atoms with Gasteiger partial charge in [-0.2, -0.15) is 0 Å². The highest BCUT2D eigenvalue weighted by Crippen LogP contribution is 2.23. The molecule has 0 aromatic heterocycles. The number of fused-ring (bicyclic) bond motifs is 1. The number of hydrogen-bond acceptors (Lipinski definition) is 2. The summed E-state index contributed by atoms with van der Waals surface area (Å²) in [7, 11) is 0. The number of nitrogens with two attached hydrogens (primary N) is 1. The molecule has 0 amide bonds. The molecule has 23 heavy (non-hydrogen) atoms. The first kappa shape index (κ1) is 15.3. The average molecular weight is 302 g/mol. The third-order valence-corrected chi connectivity index (χ3v) is 4.13. The average Bonchev–Trinajstić information content (AvgIpc) is 2.59. The van der Waals surface area contributed by atoms with E-state index in [0.717, 1.165) is 17.8 Å². The zero-order valence-electron chi connectivity index (χ0n) is 13.4. The van der Waals surface area contributed by atoms with Crippen LogP contribution >= 0.6 is 0 Å². The minimum atomic E-state index is 0.291. The first-order valence-electron chi connectivity index (χ1n) is 7.98. The van der Waals surface area contributed by atoms with Crippen molar-refractivity contribution >= 4 is 22.5 Å². The Hall–Kier alpha value is -2.58. The lowest BCUT2D eigenvalue weighted by Crippen LogP contribution is -2.18. The van der Waals surface area contributed by atoms with E-state index >= 15 is 0 Å². The lowest BCUT2D eigenvalue weighted by molar-refractivity contribution is 0.622. The van der Waals surface area contributed by atoms with E-state index in [-0.39, 0.29) is 0 Å². The Morgan fingerprint density at radius 1 is 0.957 bits per heavy atom. The van der Waals surface area contributed by atoms with Gasteiger partial charge in [0.15, 0.2) is 0 Å². The third kappa shape index (κ3) is 3.61. The number of hydrogen-bond donors (Lipinski definition) is 2. The first-order valence-corrected chi connectivity index (χ1v) is 7.98. The second-order valence-electron chi connectivity index (χ2n) is 5.73. The largest absolute Gasteiger partial charge is 0.398 e. The molecule has 0 radical (unpaired) electrons. The summed E-state index contributed by atoms with van der Waals surface area (Å²) in [6.07, 6.45) is 4.19. The Kier molecular flexibility index (Phi) is 4.74.